The second-order valence-electron chi connectivity index (χ2n) is 5.60. The molecule has 0 heterocycles. The number of benzene rings is 1. The van der Waals surface area contributed by atoms with Gasteiger partial charge in [0.2, 0.25) is 0 Å². The van der Waals surface area contributed by atoms with E-state index in [-0.39, 0.29) is 0 Å². The number of hydrogen-bond acceptors (Lipinski definition) is 2. The van der Waals surface area contributed by atoms with Gasteiger partial charge in [-0.1, -0.05) is 26.8 Å². The largest absolute Gasteiger partial charge is 0.493 e. The van der Waals surface area contributed by atoms with Crippen LogP contribution in [0.2, 0.25) is 0 Å². The summed E-state index contributed by atoms with van der Waals surface area (Å²) in [6, 6.07) is 6.88. The van der Waals surface area contributed by atoms with E-state index in [1.165, 1.54) is 18.4 Å². The number of nitrogens with one attached hydrogen (secondary N) is 1. The van der Waals surface area contributed by atoms with E-state index in [0.29, 0.717) is 12.6 Å². The summed E-state index contributed by atoms with van der Waals surface area (Å²) in [5, 5.41) is 3.66. The molecule has 1 aromatic rings. The van der Waals surface area contributed by atoms with Crippen molar-refractivity contribution >= 4 is 15.9 Å². The van der Waals surface area contributed by atoms with Gasteiger partial charge in [0.05, 0.1) is 11.1 Å². The van der Waals surface area contributed by atoms with Gasteiger partial charge in [0.15, 0.2) is 0 Å². The zero-order valence-electron chi connectivity index (χ0n) is 13.2. The van der Waals surface area contributed by atoms with Crippen LogP contribution in [0.15, 0.2) is 22.7 Å². The molecule has 0 spiro atoms. The Hall–Kier alpha value is -0.540. The molecule has 0 bridgehead atoms. The molecule has 1 N–H and O–H groups in total. The van der Waals surface area contributed by atoms with Crippen molar-refractivity contribution in [1.29, 1.82) is 0 Å². The van der Waals surface area contributed by atoms with Gasteiger partial charge in [-0.25, -0.2) is 0 Å². The molecule has 1 unspecified atom stereocenters. The van der Waals surface area contributed by atoms with Gasteiger partial charge < -0.3 is 10.1 Å². The van der Waals surface area contributed by atoms with Gasteiger partial charge in [-0.2, -0.15) is 0 Å². The fourth-order valence-electron chi connectivity index (χ4n) is 2.21. The highest BCUT2D eigenvalue weighted by atomic mass is 79.9. The Morgan fingerprint density at radius 1 is 1.20 bits per heavy atom. The molecule has 0 fully saturated rings. The minimum atomic E-state index is 0.435. The van der Waals surface area contributed by atoms with Gasteiger partial charge in [0, 0.05) is 6.04 Å². The minimum absolute atomic E-state index is 0.435. The van der Waals surface area contributed by atoms with E-state index in [1.807, 2.05) is 6.92 Å². The highest BCUT2D eigenvalue weighted by molar-refractivity contribution is 9.10. The lowest BCUT2D eigenvalue weighted by Gasteiger charge is -2.21. The lowest BCUT2D eigenvalue weighted by atomic mass is 9.97. The van der Waals surface area contributed by atoms with Crippen LogP contribution < -0.4 is 10.1 Å². The normalized spacial score (nSPS) is 12.7. The third kappa shape index (κ3) is 5.84. The van der Waals surface area contributed by atoms with Crippen molar-refractivity contribution in [3.05, 3.63) is 28.2 Å². The maximum Gasteiger partial charge on any atom is 0.133 e. The first-order chi connectivity index (χ1) is 9.58. The summed E-state index contributed by atoms with van der Waals surface area (Å²) < 4.78 is 6.63. The van der Waals surface area contributed by atoms with Crippen molar-refractivity contribution in [2.24, 2.45) is 5.92 Å². The lowest BCUT2D eigenvalue weighted by Crippen LogP contribution is -2.22. The zero-order valence-corrected chi connectivity index (χ0v) is 14.8. The molecule has 1 rings (SSSR count). The van der Waals surface area contributed by atoms with Crippen LogP contribution in [0.25, 0.3) is 0 Å². The summed E-state index contributed by atoms with van der Waals surface area (Å²) >= 11 is 3.61. The van der Waals surface area contributed by atoms with E-state index in [4.69, 9.17) is 4.74 Å². The summed E-state index contributed by atoms with van der Waals surface area (Å²) in [5.74, 6) is 1.67. The van der Waals surface area contributed by atoms with Crippen LogP contribution in [0.5, 0.6) is 5.75 Å². The van der Waals surface area contributed by atoms with Crippen molar-refractivity contribution in [1.82, 2.24) is 5.32 Å². The molecular weight excluding hydrogens is 314 g/mol. The van der Waals surface area contributed by atoms with Crippen LogP contribution >= 0.6 is 15.9 Å². The van der Waals surface area contributed by atoms with Gasteiger partial charge in [-0.3, -0.25) is 0 Å². The number of rotatable bonds is 9. The van der Waals surface area contributed by atoms with E-state index in [1.54, 1.807) is 0 Å². The van der Waals surface area contributed by atoms with E-state index >= 15 is 0 Å². The fourth-order valence-corrected chi connectivity index (χ4v) is 2.72. The predicted molar refractivity (Wildman–Crippen MR) is 90.4 cm³/mol. The standard InChI is InChI=1S/C17H28BrNO/c1-5-11-19-16(9-7-13(3)4)14-8-10-17(20-6-2)15(18)12-14/h8,10,12-13,16,19H,5-7,9,11H2,1-4H3. The average molecular weight is 342 g/mol. The highest BCUT2D eigenvalue weighted by Crippen LogP contribution is 2.30. The summed E-state index contributed by atoms with van der Waals surface area (Å²) in [4.78, 5) is 0. The first-order valence-corrected chi connectivity index (χ1v) is 8.53. The van der Waals surface area contributed by atoms with Crippen LogP contribution in [0.3, 0.4) is 0 Å². The quantitative estimate of drug-likeness (QED) is 0.655. The summed E-state index contributed by atoms with van der Waals surface area (Å²) in [5.41, 5.74) is 1.34. The van der Waals surface area contributed by atoms with Crippen LogP contribution in [0.1, 0.15) is 58.6 Å². The molecule has 114 valence electrons. The molecule has 0 amide bonds. The Balaban J connectivity index is 2.80. The monoisotopic (exact) mass is 341 g/mol. The molecular formula is C17H28BrNO. The van der Waals surface area contributed by atoms with Crippen molar-refractivity contribution < 1.29 is 4.74 Å². The number of ether oxygens (including phenoxy) is 1. The molecule has 2 nitrogen and oxygen atoms in total. The van der Waals surface area contributed by atoms with Crippen molar-refractivity contribution in [2.75, 3.05) is 13.2 Å². The Kier molecular flexibility index (Phi) is 8.24. The first-order valence-electron chi connectivity index (χ1n) is 7.74. The molecule has 1 atom stereocenters. The van der Waals surface area contributed by atoms with Crippen LogP contribution in [-0.4, -0.2) is 13.2 Å². The molecule has 1 aromatic carbocycles. The SMILES string of the molecule is CCCNC(CCC(C)C)c1ccc(OCC)c(Br)c1. The van der Waals surface area contributed by atoms with Gasteiger partial charge in [0.1, 0.15) is 5.75 Å². The van der Waals surface area contributed by atoms with Crippen LogP contribution in [-0.2, 0) is 0 Å². The second kappa shape index (κ2) is 9.41. The van der Waals surface area contributed by atoms with Crippen LogP contribution in [0.4, 0.5) is 0 Å². The maximum absolute atomic E-state index is 5.58. The molecule has 3 heteroatoms. The summed E-state index contributed by atoms with van der Waals surface area (Å²) in [7, 11) is 0. The second-order valence-corrected chi connectivity index (χ2v) is 6.46. The Morgan fingerprint density at radius 3 is 2.50 bits per heavy atom. The van der Waals surface area contributed by atoms with Crippen LogP contribution in [0, 0.1) is 5.92 Å². The van der Waals surface area contributed by atoms with E-state index < -0.39 is 0 Å². The molecule has 0 radical (unpaired) electrons. The van der Waals surface area contributed by atoms with Gasteiger partial charge >= 0.3 is 0 Å². The first kappa shape index (κ1) is 17.5. The molecule has 0 saturated heterocycles. The van der Waals surface area contributed by atoms with Gasteiger partial charge in [-0.05, 0) is 72.3 Å². The predicted octanol–water partition coefficient (Wildman–Crippen LogP) is 5.32. The molecule has 0 aliphatic carbocycles. The van der Waals surface area contributed by atoms with E-state index in [0.717, 1.165) is 29.1 Å². The smallest absolute Gasteiger partial charge is 0.133 e. The Morgan fingerprint density at radius 2 is 1.95 bits per heavy atom. The topological polar surface area (TPSA) is 21.3 Å². The maximum atomic E-state index is 5.58. The van der Waals surface area contributed by atoms with Gasteiger partial charge in [-0.15, -0.1) is 0 Å². The third-order valence-electron chi connectivity index (χ3n) is 3.33. The molecule has 0 aromatic heterocycles. The molecule has 0 saturated carbocycles. The number of halogens is 1. The van der Waals surface area contributed by atoms with Gasteiger partial charge in [0.25, 0.3) is 0 Å². The summed E-state index contributed by atoms with van der Waals surface area (Å²) in [6.45, 7) is 10.5. The van der Waals surface area contributed by atoms with E-state index in [2.05, 4.69) is 60.2 Å². The van der Waals surface area contributed by atoms with Crippen molar-refractivity contribution in [3.8, 4) is 5.75 Å². The van der Waals surface area contributed by atoms with Crippen molar-refractivity contribution in [2.45, 2.75) is 53.0 Å². The number of hydrogen-bond donors (Lipinski definition) is 1. The minimum Gasteiger partial charge on any atom is -0.493 e. The zero-order chi connectivity index (χ0) is 15.0. The molecule has 20 heavy (non-hydrogen) atoms. The average Bonchev–Trinajstić information content (AvgIpc) is 2.41. The van der Waals surface area contributed by atoms with E-state index in [9.17, 15) is 0 Å². The Labute approximate surface area is 132 Å². The third-order valence-corrected chi connectivity index (χ3v) is 3.95. The Bertz CT molecular complexity index is 393. The highest BCUT2D eigenvalue weighted by Gasteiger charge is 2.13. The molecule has 0 aliphatic rings. The summed E-state index contributed by atoms with van der Waals surface area (Å²) in [6.07, 6.45) is 3.58. The fraction of sp³-hybridized carbons (Fsp3) is 0.647. The van der Waals surface area contributed by atoms with Crippen molar-refractivity contribution in [3.63, 3.8) is 0 Å². The lowest BCUT2D eigenvalue weighted by molar-refractivity contribution is 0.337. The molecule has 0 aliphatic heterocycles.